The van der Waals surface area contributed by atoms with Crippen molar-refractivity contribution in [3.8, 4) is 5.75 Å². The fraction of sp³-hybridized carbons (Fsp3) is 0.375. The summed E-state index contributed by atoms with van der Waals surface area (Å²) in [6.45, 7) is 4.29. The maximum absolute atomic E-state index is 12.8. The molecule has 1 saturated heterocycles. The van der Waals surface area contributed by atoms with E-state index in [1.807, 2.05) is 35.4 Å². The molecule has 0 aliphatic carbocycles. The lowest BCUT2D eigenvalue weighted by atomic mass is 10.1. The molecule has 1 aliphatic rings. The van der Waals surface area contributed by atoms with Crippen molar-refractivity contribution in [1.29, 1.82) is 0 Å². The number of amides is 1. The first-order valence-corrected chi connectivity index (χ1v) is 12.5. The van der Waals surface area contributed by atoms with Crippen molar-refractivity contribution >= 4 is 26.8 Å². The van der Waals surface area contributed by atoms with Crippen LogP contribution in [0.4, 0.5) is 0 Å². The minimum Gasteiger partial charge on any atom is -0.492 e. The monoisotopic (exact) mass is 470 g/mol. The van der Waals surface area contributed by atoms with Gasteiger partial charge in [0.1, 0.15) is 12.4 Å². The van der Waals surface area contributed by atoms with E-state index in [2.05, 4.69) is 9.88 Å². The van der Waals surface area contributed by atoms with Gasteiger partial charge in [0, 0.05) is 63.9 Å². The second-order valence-electron chi connectivity index (χ2n) is 8.37. The van der Waals surface area contributed by atoms with E-state index in [-0.39, 0.29) is 10.8 Å². The standard InChI is InChI=1S/C24H30N4O4S/c1-26(2)33(30,31)21-9-7-20(8-10-21)32-16-15-27-11-13-28(14-12-27)24(29)17-19-18-25-23-6-4-3-5-22(19)23/h3-10,18,25H,11-17H2,1-2H3. The molecule has 2 heterocycles. The highest BCUT2D eigenvalue weighted by molar-refractivity contribution is 7.89. The number of carbonyl (C=O) groups excluding carboxylic acids is 1. The Hall–Kier alpha value is -2.88. The Morgan fingerprint density at radius 3 is 2.42 bits per heavy atom. The normalized spacial score (nSPS) is 15.3. The molecule has 0 spiro atoms. The van der Waals surface area contributed by atoms with Crippen LogP contribution in [0.1, 0.15) is 5.56 Å². The van der Waals surface area contributed by atoms with Crippen molar-refractivity contribution in [2.75, 3.05) is 53.4 Å². The van der Waals surface area contributed by atoms with Crippen molar-refractivity contribution in [2.45, 2.75) is 11.3 Å². The van der Waals surface area contributed by atoms with Crippen molar-refractivity contribution < 1.29 is 17.9 Å². The molecule has 9 heteroatoms. The molecule has 0 radical (unpaired) electrons. The molecule has 3 aromatic rings. The van der Waals surface area contributed by atoms with Crippen LogP contribution >= 0.6 is 0 Å². The Morgan fingerprint density at radius 2 is 1.73 bits per heavy atom. The zero-order chi connectivity index (χ0) is 23.4. The fourth-order valence-electron chi connectivity index (χ4n) is 3.98. The summed E-state index contributed by atoms with van der Waals surface area (Å²) in [6.07, 6.45) is 2.34. The minimum atomic E-state index is -3.44. The number of aromatic nitrogens is 1. The number of benzene rings is 2. The summed E-state index contributed by atoms with van der Waals surface area (Å²) in [6, 6.07) is 14.5. The molecule has 176 valence electrons. The zero-order valence-electron chi connectivity index (χ0n) is 19.0. The summed E-state index contributed by atoms with van der Waals surface area (Å²) in [7, 11) is -0.417. The van der Waals surface area contributed by atoms with Crippen molar-refractivity contribution in [3.63, 3.8) is 0 Å². The van der Waals surface area contributed by atoms with Gasteiger partial charge in [-0.2, -0.15) is 0 Å². The van der Waals surface area contributed by atoms with Crippen LogP contribution < -0.4 is 4.74 Å². The van der Waals surface area contributed by atoms with Crippen molar-refractivity contribution in [3.05, 3.63) is 60.3 Å². The van der Waals surface area contributed by atoms with Crippen LogP contribution in [0.3, 0.4) is 0 Å². The van der Waals surface area contributed by atoms with Gasteiger partial charge in [-0.15, -0.1) is 0 Å². The van der Waals surface area contributed by atoms with Crippen LogP contribution in [-0.2, 0) is 21.2 Å². The van der Waals surface area contributed by atoms with E-state index in [9.17, 15) is 13.2 Å². The maximum atomic E-state index is 12.8. The summed E-state index contributed by atoms with van der Waals surface area (Å²) in [5.41, 5.74) is 2.09. The SMILES string of the molecule is CN(C)S(=O)(=O)c1ccc(OCCN2CCN(C(=O)Cc3c[nH]c4ccccc34)CC2)cc1. The number of hydrogen-bond acceptors (Lipinski definition) is 5. The highest BCUT2D eigenvalue weighted by atomic mass is 32.2. The number of fused-ring (bicyclic) bond motifs is 1. The van der Waals surface area contributed by atoms with Gasteiger partial charge in [0.2, 0.25) is 15.9 Å². The lowest BCUT2D eigenvalue weighted by Gasteiger charge is -2.34. The van der Waals surface area contributed by atoms with Gasteiger partial charge in [-0.05, 0) is 35.9 Å². The highest BCUT2D eigenvalue weighted by Crippen LogP contribution is 2.20. The topological polar surface area (TPSA) is 85.9 Å². The third kappa shape index (κ3) is 5.38. The van der Waals surface area contributed by atoms with Crippen LogP contribution in [-0.4, -0.2) is 86.8 Å². The van der Waals surface area contributed by atoms with Crippen molar-refractivity contribution in [2.24, 2.45) is 0 Å². The fourth-order valence-corrected chi connectivity index (χ4v) is 4.89. The summed E-state index contributed by atoms with van der Waals surface area (Å²) in [5, 5.41) is 1.11. The number of para-hydroxylation sites is 1. The number of carbonyl (C=O) groups is 1. The second-order valence-corrected chi connectivity index (χ2v) is 10.5. The van der Waals surface area contributed by atoms with E-state index in [0.29, 0.717) is 31.9 Å². The smallest absolute Gasteiger partial charge is 0.242 e. The van der Waals surface area contributed by atoms with Gasteiger partial charge in [0.05, 0.1) is 11.3 Å². The Morgan fingerprint density at radius 1 is 1.03 bits per heavy atom. The Kier molecular flexibility index (Phi) is 7.02. The number of sulfonamides is 1. The number of hydrogen-bond donors (Lipinski definition) is 1. The Bertz CT molecular complexity index is 1200. The molecule has 0 atom stereocenters. The second kappa shape index (κ2) is 9.94. The van der Waals surface area contributed by atoms with Crippen LogP contribution in [0, 0.1) is 0 Å². The number of rotatable bonds is 8. The van der Waals surface area contributed by atoms with Crippen LogP contribution in [0.25, 0.3) is 10.9 Å². The quantitative estimate of drug-likeness (QED) is 0.546. The molecular weight excluding hydrogens is 440 g/mol. The van der Waals surface area contributed by atoms with Gasteiger partial charge in [-0.3, -0.25) is 9.69 Å². The zero-order valence-corrected chi connectivity index (χ0v) is 19.8. The first kappa shape index (κ1) is 23.3. The molecule has 0 unspecified atom stereocenters. The van der Waals surface area contributed by atoms with Crippen LogP contribution in [0.15, 0.2) is 59.6 Å². The van der Waals surface area contributed by atoms with Gasteiger partial charge >= 0.3 is 0 Å². The van der Waals surface area contributed by atoms with Crippen LogP contribution in [0.2, 0.25) is 0 Å². The average molecular weight is 471 g/mol. The highest BCUT2D eigenvalue weighted by Gasteiger charge is 2.22. The molecule has 8 nitrogen and oxygen atoms in total. The molecule has 1 amide bonds. The predicted molar refractivity (Wildman–Crippen MR) is 128 cm³/mol. The molecule has 1 N–H and O–H groups in total. The molecule has 0 saturated carbocycles. The Labute approximate surface area is 194 Å². The van der Waals surface area contributed by atoms with Gasteiger partial charge in [-0.1, -0.05) is 18.2 Å². The van der Waals surface area contributed by atoms with Gasteiger partial charge in [0.15, 0.2) is 0 Å². The Balaban J connectivity index is 1.21. The van der Waals surface area contributed by atoms with E-state index < -0.39 is 10.0 Å². The molecular formula is C24H30N4O4S. The molecule has 4 rings (SSSR count). The summed E-state index contributed by atoms with van der Waals surface area (Å²) >= 11 is 0. The van der Waals surface area contributed by atoms with Crippen molar-refractivity contribution in [1.82, 2.24) is 19.1 Å². The third-order valence-corrected chi connectivity index (χ3v) is 7.85. The molecule has 1 aromatic heterocycles. The summed E-state index contributed by atoms with van der Waals surface area (Å²) in [5.74, 6) is 0.795. The van der Waals surface area contributed by atoms with E-state index >= 15 is 0 Å². The number of ether oxygens (including phenoxy) is 1. The molecule has 0 bridgehead atoms. The number of nitrogens with zero attached hydrogens (tertiary/aromatic N) is 3. The summed E-state index contributed by atoms with van der Waals surface area (Å²) in [4.78, 5) is 20.5. The van der Waals surface area contributed by atoms with Gasteiger partial charge in [0.25, 0.3) is 0 Å². The molecule has 1 fully saturated rings. The number of aromatic amines is 1. The molecule has 33 heavy (non-hydrogen) atoms. The van der Waals surface area contributed by atoms with Gasteiger partial charge < -0.3 is 14.6 Å². The number of piperazine rings is 1. The largest absolute Gasteiger partial charge is 0.492 e. The lowest BCUT2D eigenvalue weighted by molar-refractivity contribution is -0.132. The van der Waals surface area contributed by atoms with E-state index in [0.717, 1.165) is 36.1 Å². The van der Waals surface area contributed by atoms with E-state index in [4.69, 9.17) is 4.74 Å². The molecule has 2 aromatic carbocycles. The first-order valence-electron chi connectivity index (χ1n) is 11.0. The van der Waals surface area contributed by atoms with E-state index in [1.165, 1.54) is 18.4 Å². The third-order valence-electron chi connectivity index (χ3n) is 6.02. The predicted octanol–water partition coefficient (Wildman–Crippen LogP) is 2.18. The average Bonchev–Trinajstić information content (AvgIpc) is 3.22. The number of H-pyrrole nitrogens is 1. The summed E-state index contributed by atoms with van der Waals surface area (Å²) < 4.78 is 31.2. The van der Waals surface area contributed by atoms with Gasteiger partial charge in [-0.25, -0.2) is 12.7 Å². The lowest BCUT2D eigenvalue weighted by Crippen LogP contribution is -2.49. The maximum Gasteiger partial charge on any atom is 0.242 e. The molecule has 1 aliphatic heterocycles. The van der Waals surface area contributed by atoms with E-state index in [1.54, 1.807) is 24.3 Å². The minimum absolute atomic E-state index is 0.156. The number of nitrogens with one attached hydrogen (secondary N) is 1. The first-order chi connectivity index (χ1) is 15.8. The van der Waals surface area contributed by atoms with Crippen LogP contribution in [0.5, 0.6) is 5.75 Å².